The molecule has 1 aromatic heterocycles. The zero-order valence-corrected chi connectivity index (χ0v) is 10.8. The first-order chi connectivity index (χ1) is 8.82. The molecule has 1 heterocycles. The molecule has 0 bridgehead atoms. The lowest BCUT2D eigenvalue weighted by Gasteiger charge is -2.43. The molecule has 0 atom stereocenters. The van der Waals surface area contributed by atoms with Gasteiger partial charge in [0.15, 0.2) is 0 Å². The van der Waals surface area contributed by atoms with Gasteiger partial charge in [0.2, 0.25) is 0 Å². The molecule has 1 aliphatic carbocycles. The smallest absolute Gasteiger partial charge is 0.0861 e. The summed E-state index contributed by atoms with van der Waals surface area (Å²) < 4.78 is 0. The van der Waals surface area contributed by atoms with Gasteiger partial charge in [0, 0.05) is 17.1 Å². The van der Waals surface area contributed by atoms with Gasteiger partial charge in [-0.05, 0) is 29.9 Å². The highest BCUT2D eigenvalue weighted by atomic mass is 32.1. The summed E-state index contributed by atoms with van der Waals surface area (Å²) in [7, 11) is 0. The highest BCUT2D eigenvalue weighted by molar-refractivity contribution is 7.08. The van der Waals surface area contributed by atoms with Crippen molar-refractivity contribution in [3.05, 3.63) is 52.7 Å². The van der Waals surface area contributed by atoms with Crippen molar-refractivity contribution in [1.29, 1.82) is 5.26 Å². The van der Waals surface area contributed by atoms with Gasteiger partial charge in [0.1, 0.15) is 0 Å². The Balaban J connectivity index is 1.70. The first-order valence-electron chi connectivity index (χ1n) is 6.08. The molecule has 0 spiro atoms. The van der Waals surface area contributed by atoms with Crippen molar-refractivity contribution in [3.8, 4) is 6.07 Å². The van der Waals surface area contributed by atoms with E-state index < -0.39 is 0 Å². The molecule has 2 aromatic rings. The van der Waals surface area contributed by atoms with Crippen LogP contribution in [0, 0.1) is 11.3 Å². The lowest BCUT2D eigenvalue weighted by Crippen LogP contribution is -2.47. The van der Waals surface area contributed by atoms with E-state index in [1.165, 1.54) is 5.69 Å². The summed E-state index contributed by atoms with van der Waals surface area (Å²) in [5.74, 6) is 0. The summed E-state index contributed by atoms with van der Waals surface area (Å²) >= 11 is 1.69. The Morgan fingerprint density at radius 1 is 1.22 bits per heavy atom. The summed E-state index contributed by atoms with van der Waals surface area (Å²) in [6.45, 7) is 0. The van der Waals surface area contributed by atoms with E-state index in [-0.39, 0.29) is 5.41 Å². The van der Waals surface area contributed by atoms with Crippen LogP contribution in [0.1, 0.15) is 18.4 Å². The third-order valence-corrected chi connectivity index (χ3v) is 4.31. The number of hydrogen-bond donors (Lipinski definition) is 1. The normalized spacial score (nSPS) is 26.1. The number of nitrogens with zero attached hydrogens (tertiary/aromatic N) is 1. The van der Waals surface area contributed by atoms with E-state index in [2.05, 4.69) is 40.3 Å². The molecule has 0 aliphatic heterocycles. The number of anilines is 1. The Kier molecular flexibility index (Phi) is 2.81. The van der Waals surface area contributed by atoms with Gasteiger partial charge < -0.3 is 5.32 Å². The molecule has 1 aliphatic rings. The van der Waals surface area contributed by atoms with Crippen molar-refractivity contribution in [2.75, 3.05) is 5.32 Å². The van der Waals surface area contributed by atoms with Crippen LogP contribution >= 0.6 is 11.3 Å². The van der Waals surface area contributed by atoms with Crippen LogP contribution in [0.25, 0.3) is 0 Å². The first-order valence-corrected chi connectivity index (χ1v) is 7.02. The van der Waals surface area contributed by atoms with Crippen molar-refractivity contribution in [2.45, 2.75) is 24.3 Å². The molecule has 0 radical (unpaired) electrons. The highest BCUT2D eigenvalue weighted by Gasteiger charge is 2.46. The summed E-state index contributed by atoms with van der Waals surface area (Å²) in [6, 6.07) is 15.1. The van der Waals surface area contributed by atoms with Crippen LogP contribution in [0.3, 0.4) is 0 Å². The highest BCUT2D eigenvalue weighted by Crippen LogP contribution is 2.44. The van der Waals surface area contributed by atoms with Crippen LogP contribution in [0.15, 0.2) is 47.2 Å². The summed E-state index contributed by atoms with van der Waals surface area (Å²) in [6.07, 6.45) is 1.78. The molecule has 0 amide bonds. The van der Waals surface area contributed by atoms with Crippen molar-refractivity contribution >= 4 is 17.0 Å². The Hall–Kier alpha value is -1.79. The predicted octanol–water partition coefficient (Wildman–Crippen LogP) is 3.78. The van der Waals surface area contributed by atoms with Gasteiger partial charge >= 0.3 is 0 Å². The van der Waals surface area contributed by atoms with Gasteiger partial charge in [0.05, 0.1) is 11.5 Å². The third-order valence-electron chi connectivity index (χ3n) is 3.62. The van der Waals surface area contributed by atoms with Crippen molar-refractivity contribution in [1.82, 2.24) is 0 Å². The summed E-state index contributed by atoms with van der Waals surface area (Å²) in [5, 5.41) is 17.1. The minimum Gasteiger partial charge on any atom is -0.382 e. The zero-order chi connectivity index (χ0) is 12.4. The topological polar surface area (TPSA) is 35.8 Å². The Labute approximate surface area is 111 Å². The van der Waals surface area contributed by atoms with E-state index in [9.17, 15) is 5.26 Å². The molecule has 1 fully saturated rings. The Morgan fingerprint density at radius 3 is 2.61 bits per heavy atom. The van der Waals surface area contributed by atoms with Gasteiger partial charge in [-0.3, -0.25) is 0 Å². The second-order valence-corrected chi connectivity index (χ2v) is 5.60. The molecule has 0 saturated heterocycles. The maximum atomic E-state index is 9.46. The minimum atomic E-state index is -0.283. The number of rotatable bonds is 3. The molecule has 3 rings (SSSR count). The molecule has 1 N–H and O–H groups in total. The van der Waals surface area contributed by atoms with Crippen molar-refractivity contribution < 1.29 is 0 Å². The molecule has 2 nitrogen and oxygen atoms in total. The molecular formula is C15H14N2S. The fourth-order valence-electron chi connectivity index (χ4n) is 2.61. The average Bonchev–Trinajstić information content (AvgIpc) is 2.87. The second kappa shape index (κ2) is 4.47. The van der Waals surface area contributed by atoms with Gasteiger partial charge in [0.25, 0.3) is 0 Å². The second-order valence-electron chi connectivity index (χ2n) is 4.82. The minimum absolute atomic E-state index is 0.283. The standard InChI is InChI=1S/C15H14N2S/c16-11-15(12-4-2-1-3-5-12)8-14(9-15)17-13-6-7-18-10-13/h1-7,10,14,17H,8-9H2. The van der Waals surface area contributed by atoms with Gasteiger partial charge in [-0.25, -0.2) is 0 Å². The van der Waals surface area contributed by atoms with Crippen LogP contribution in [-0.4, -0.2) is 6.04 Å². The fourth-order valence-corrected chi connectivity index (χ4v) is 3.21. The first kappa shape index (κ1) is 11.3. The van der Waals surface area contributed by atoms with Crippen LogP contribution in [0.5, 0.6) is 0 Å². The summed E-state index contributed by atoms with van der Waals surface area (Å²) in [4.78, 5) is 0. The van der Waals surface area contributed by atoms with Crippen LogP contribution in [-0.2, 0) is 5.41 Å². The molecule has 18 heavy (non-hydrogen) atoms. The molecule has 3 heteroatoms. The molecule has 1 aromatic carbocycles. The lowest BCUT2D eigenvalue weighted by atomic mass is 9.62. The zero-order valence-electron chi connectivity index (χ0n) is 9.97. The lowest BCUT2D eigenvalue weighted by molar-refractivity contribution is 0.289. The van der Waals surface area contributed by atoms with E-state index in [0.29, 0.717) is 6.04 Å². The number of nitriles is 1. The van der Waals surface area contributed by atoms with E-state index in [0.717, 1.165) is 18.4 Å². The van der Waals surface area contributed by atoms with Crippen LogP contribution < -0.4 is 5.32 Å². The van der Waals surface area contributed by atoms with Crippen molar-refractivity contribution in [2.24, 2.45) is 0 Å². The Bertz CT molecular complexity index is 548. The van der Waals surface area contributed by atoms with E-state index in [4.69, 9.17) is 0 Å². The predicted molar refractivity (Wildman–Crippen MR) is 74.7 cm³/mol. The van der Waals surface area contributed by atoms with Gasteiger partial charge in [-0.1, -0.05) is 30.3 Å². The molecule has 90 valence electrons. The van der Waals surface area contributed by atoms with Crippen LogP contribution in [0.2, 0.25) is 0 Å². The van der Waals surface area contributed by atoms with E-state index in [1.54, 1.807) is 11.3 Å². The maximum Gasteiger partial charge on any atom is 0.0861 e. The van der Waals surface area contributed by atoms with E-state index >= 15 is 0 Å². The SMILES string of the molecule is N#CC1(c2ccccc2)CC(Nc2ccsc2)C1. The van der Waals surface area contributed by atoms with Gasteiger partial charge in [-0.15, -0.1) is 0 Å². The number of hydrogen-bond acceptors (Lipinski definition) is 3. The molecule has 1 saturated carbocycles. The largest absolute Gasteiger partial charge is 0.382 e. The fraction of sp³-hybridized carbons (Fsp3) is 0.267. The molecular weight excluding hydrogens is 240 g/mol. The quantitative estimate of drug-likeness (QED) is 0.904. The number of thiophene rings is 1. The van der Waals surface area contributed by atoms with E-state index in [1.807, 2.05) is 18.2 Å². The Morgan fingerprint density at radius 2 is 2.00 bits per heavy atom. The maximum absolute atomic E-state index is 9.46. The average molecular weight is 254 g/mol. The number of benzene rings is 1. The molecule has 0 unspecified atom stereocenters. The van der Waals surface area contributed by atoms with Gasteiger partial charge in [-0.2, -0.15) is 16.6 Å². The summed E-state index contributed by atoms with van der Waals surface area (Å²) in [5.41, 5.74) is 2.04. The monoisotopic (exact) mass is 254 g/mol. The number of nitrogens with one attached hydrogen (secondary N) is 1. The van der Waals surface area contributed by atoms with Crippen LogP contribution in [0.4, 0.5) is 5.69 Å². The van der Waals surface area contributed by atoms with Crippen molar-refractivity contribution in [3.63, 3.8) is 0 Å². The third kappa shape index (κ3) is 1.89.